The minimum Gasteiger partial charge on any atom is -0.497 e. The number of hydrogen-bond donors (Lipinski definition) is 0. The van der Waals surface area contributed by atoms with Gasteiger partial charge in [0.25, 0.3) is 0 Å². The summed E-state index contributed by atoms with van der Waals surface area (Å²) in [5.74, 6) is 1.34. The highest BCUT2D eigenvalue weighted by atomic mass is 16.5. The number of methoxy groups -OCH3 is 2. The fourth-order valence-electron chi connectivity index (χ4n) is 3.13. The van der Waals surface area contributed by atoms with Crippen molar-refractivity contribution in [2.45, 2.75) is 6.42 Å². The second kappa shape index (κ2) is 9.09. The van der Waals surface area contributed by atoms with Crippen LogP contribution in [0.3, 0.4) is 0 Å². The lowest BCUT2D eigenvalue weighted by atomic mass is 10.0. The Labute approximate surface area is 166 Å². The van der Waals surface area contributed by atoms with Crippen molar-refractivity contribution in [1.82, 2.24) is 4.90 Å². The SMILES string of the molecule is COc1cc(C=CC(=O)N(C)CCc2cccc3ccccc23)cc(OC)c1. The zero-order valence-electron chi connectivity index (χ0n) is 16.5. The lowest BCUT2D eigenvalue weighted by Gasteiger charge is -2.16. The maximum Gasteiger partial charge on any atom is 0.246 e. The van der Waals surface area contributed by atoms with Crippen molar-refractivity contribution in [1.29, 1.82) is 0 Å². The third-order valence-corrected chi connectivity index (χ3v) is 4.76. The van der Waals surface area contributed by atoms with E-state index in [0.717, 1.165) is 12.0 Å². The molecular weight excluding hydrogens is 350 g/mol. The quantitative estimate of drug-likeness (QED) is 0.568. The fourth-order valence-corrected chi connectivity index (χ4v) is 3.13. The van der Waals surface area contributed by atoms with Gasteiger partial charge in [-0.3, -0.25) is 4.79 Å². The van der Waals surface area contributed by atoms with Gasteiger partial charge in [-0.2, -0.15) is 0 Å². The van der Waals surface area contributed by atoms with Crippen molar-refractivity contribution in [3.8, 4) is 11.5 Å². The average molecular weight is 375 g/mol. The number of benzene rings is 3. The zero-order valence-corrected chi connectivity index (χ0v) is 16.5. The van der Waals surface area contributed by atoms with Crippen molar-refractivity contribution in [3.05, 3.63) is 77.9 Å². The first-order valence-corrected chi connectivity index (χ1v) is 9.23. The molecule has 0 aromatic heterocycles. The van der Waals surface area contributed by atoms with Gasteiger partial charge in [-0.1, -0.05) is 42.5 Å². The Kier molecular flexibility index (Phi) is 6.33. The largest absolute Gasteiger partial charge is 0.497 e. The Morgan fingerprint density at radius 3 is 2.36 bits per heavy atom. The van der Waals surface area contributed by atoms with Crippen LogP contribution in [0.1, 0.15) is 11.1 Å². The third-order valence-electron chi connectivity index (χ3n) is 4.76. The van der Waals surface area contributed by atoms with Gasteiger partial charge < -0.3 is 14.4 Å². The van der Waals surface area contributed by atoms with Crippen molar-refractivity contribution < 1.29 is 14.3 Å². The Balaban J connectivity index is 1.65. The Bertz CT molecular complexity index is 967. The molecule has 0 atom stereocenters. The van der Waals surface area contributed by atoms with Gasteiger partial charge >= 0.3 is 0 Å². The van der Waals surface area contributed by atoms with E-state index in [9.17, 15) is 4.79 Å². The lowest BCUT2D eigenvalue weighted by molar-refractivity contribution is -0.124. The van der Waals surface area contributed by atoms with Crippen LogP contribution in [-0.2, 0) is 11.2 Å². The van der Waals surface area contributed by atoms with Crippen LogP contribution in [-0.4, -0.2) is 38.6 Å². The maximum atomic E-state index is 12.5. The van der Waals surface area contributed by atoms with E-state index in [1.54, 1.807) is 37.3 Å². The van der Waals surface area contributed by atoms with Crippen LogP contribution in [0.2, 0.25) is 0 Å². The van der Waals surface area contributed by atoms with Crippen LogP contribution >= 0.6 is 0 Å². The monoisotopic (exact) mass is 375 g/mol. The summed E-state index contributed by atoms with van der Waals surface area (Å²) in [6, 6.07) is 20.2. The van der Waals surface area contributed by atoms with Crippen LogP contribution < -0.4 is 9.47 Å². The highest BCUT2D eigenvalue weighted by Gasteiger charge is 2.07. The number of rotatable bonds is 7. The van der Waals surface area contributed by atoms with Crippen LogP contribution in [0.25, 0.3) is 16.8 Å². The number of nitrogens with zero attached hydrogens (tertiary/aromatic N) is 1. The zero-order chi connectivity index (χ0) is 19.9. The molecule has 1 amide bonds. The van der Waals surface area contributed by atoms with Gasteiger partial charge in [0.15, 0.2) is 0 Å². The van der Waals surface area contributed by atoms with E-state index in [1.165, 1.54) is 16.3 Å². The second-order valence-electron chi connectivity index (χ2n) is 6.63. The molecule has 0 radical (unpaired) electrons. The van der Waals surface area contributed by atoms with Crippen molar-refractivity contribution in [2.24, 2.45) is 0 Å². The molecule has 4 heteroatoms. The van der Waals surface area contributed by atoms with E-state index in [2.05, 4.69) is 30.3 Å². The van der Waals surface area contributed by atoms with Crippen LogP contribution in [0.15, 0.2) is 66.7 Å². The summed E-state index contributed by atoms with van der Waals surface area (Å²) in [7, 11) is 5.03. The topological polar surface area (TPSA) is 38.8 Å². The van der Waals surface area contributed by atoms with E-state index in [-0.39, 0.29) is 5.91 Å². The van der Waals surface area contributed by atoms with Gasteiger partial charge in [0.05, 0.1) is 14.2 Å². The van der Waals surface area contributed by atoms with Gasteiger partial charge in [-0.25, -0.2) is 0 Å². The van der Waals surface area contributed by atoms with E-state index >= 15 is 0 Å². The molecule has 0 saturated heterocycles. The minimum absolute atomic E-state index is 0.0398. The number of ether oxygens (including phenoxy) is 2. The molecule has 3 rings (SSSR count). The molecule has 3 aromatic carbocycles. The summed E-state index contributed by atoms with van der Waals surface area (Å²) >= 11 is 0. The lowest BCUT2D eigenvalue weighted by Crippen LogP contribution is -2.27. The summed E-state index contributed by atoms with van der Waals surface area (Å²) in [5.41, 5.74) is 2.10. The summed E-state index contributed by atoms with van der Waals surface area (Å²) in [6.07, 6.45) is 4.17. The molecule has 0 bridgehead atoms. The molecule has 0 aliphatic carbocycles. The number of carbonyl (C=O) groups excluding carboxylic acids is 1. The molecule has 3 aromatic rings. The van der Waals surface area contributed by atoms with E-state index in [4.69, 9.17) is 9.47 Å². The summed E-state index contributed by atoms with van der Waals surface area (Å²) in [5, 5.41) is 2.46. The predicted octanol–water partition coefficient (Wildman–Crippen LogP) is 4.57. The van der Waals surface area contributed by atoms with Crippen molar-refractivity contribution >= 4 is 22.8 Å². The Hall–Kier alpha value is -3.27. The van der Waals surface area contributed by atoms with Crippen molar-refractivity contribution in [2.75, 3.05) is 27.8 Å². The third kappa shape index (κ3) is 4.71. The molecule has 0 spiro atoms. The fraction of sp³-hybridized carbons (Fsp3) is 0.208. The van der Waals surface area contributed by atoms with Gasteiger partial charge in [-0.05, 0) is 46.5 Å². The first-order chi connectivity index (χ1) is 13.6. The molecule has 0 aliphatic rings. The van der Waals surface area contributed by atoms with Gasteiger partial charge in [0.1, 0.15) is 11.5 Å². The highest BCUT2D eigenvalue weighted by molar-refractivity contribution is 5.92. The molecule has 0 N–H and O–H groups in total. The smallest absolute Gasteiger partial charge is 0.246 e. The highest BCUT2D eigenvalue weighted by Crippen LogP contribution is 2.23. The normalized spacial score (nSPS) is 11.0. The van der Waals surface area contributed by atoms with E-state index in [1.807, 2.05) is 31.3 Å². The number of carbonyl (C=O) groups is 1. The molecule has 0 aliphatic heterocycles. The average Bonchev–Trinajstić information content (AvgIpc) is 2.75. The van der Waals surface area contributed by atoms with Crippen LogP contribution in [0.4, 0.5) is 0 Å². The molecule has 0 heterocycles. The number of fused-ring (bicyclic) bond motifs is 1. The number of hydrogen-bond acceptors (Lipinski definition) is 3. The molecule has 0 unspecified atom stereocenters. The number of amides is 1. The van der Waals surface area contributed by atoms with Crippen LogP contribution in [0, 0.1) is 0 Å². The first kappa shape index (κ1) is 19.5. The van der Waals surface area contributed by atoms with Crippen molar-refractivity contribution in [3.63, 3.8) is 0 Å². The van der Waals surface area contributed by atoms with Gasteiger partial charge in [-0.15, -0.1) is 0 Å². The van der Waals surface area contributed by atoms with E-state index < -0.39 is 0 Å². The molecular formula is C24H25NO3. The summed E-state index contributed by atoms with van der Waals surface area (Å²) in [4.78, 5) is 14.2. The standard InChI is InChI=1S/C24H25NO3/c1-25(14-13-20-9-6-8-19-7-4-5-10-23(19)20)24(26)12-11-18-15-21(27-2)17-22(16-18)28-3/h4-12,15-17H,13-14H2,1-3H3. The molecule has 144 valence electrons. The van der Waals surface area contributed by atoms with E-state index in [0.29, 0.717) is 18.0 Å². The molecule has 0 saturated carbocycles. The molecule has 28 heavy (non-hydrogen) atoms. The maximum absolute atomic E-state index is 12.5. The first-order valence-electron chi connectivity index (χ1n) is 9.23. The molecule has 4 nitrogen and oxygen atoms in total. The minimum atomic E-state index is -0.0398. The number of likely N-dealkylation sites (N-methyl/N-ethyl adjacent to an activating group) is 1. The summed E-state index contributed by atoms with van der Waals surface area (Å²) < 4.78 is 10.5. The molecule has 0 fully saturated rings. The van der Waals surface area contributed by atoms with Crippen LogP contribution in [0.5, 0.6) is 11.5 Å². The summed E-state index contributed by atoms with van der Waals surface area (Å²) in [6.45, 7) is 0.651. The Morgan fingerprint density at radius 2 is 1.64 bits per heavy atom. The van der Waals surface area contributed by atoms with Gasteiger partial charge in [0.2, 0.25) is 5.91 Å². The Morgan fingerprint density at radius 1 is 0.964 bits per heavy atom. The predicted molar refractivity (Wildman–Crippen MR) is 114 cm³/mol. The van der Waals surface area contributed by atoms with Gasteiger partial charge in [0, 0.05) is 25.7 Å². The second-order valence-corrected chi connectivity index (χ2v) is 6.63.